The smallest absolute Gasteiger partial charge is 0.289 e. The average Bonchev–Trinajstić information content (AvgIpc) is 2.81. The Balaban J connectivity index is 1.86. The highest BCUT2D eigenvalue weighted by atomic mass is 35.5. The van der Waals surface area contributed by atoms with E-state index in [9.17, 15) is 23.3 Å². The number of carbonyl (C=O) groups is 1. The average molecular weight is 508 g/mol. The highest BCUT2D eigenvalue weighted by molar-refractivity contribution is 7.89. The number of nitrogens with zero attached hydrogens (tertiary/aromatic N) is 3. The molecule has 1 heterocycles. The van der Waals surface area contributed by atoms with E-state index >= 15 is 0 Å². The van der Waals surface area contributed by atoms with E-state index in [1.54, 1.807) is 4.90 Å². The van der Waals surface area contributed by atoms with Gasteiger partial charge in [-0.25, -0.2) is 8.42 Å². The first-order valence-corrected chi connectivity index (χ1v) is 13.3. The molecule has 0 spiro atoms. The van der Waals surface area contributed by atoms with Crippen molar-refractivity contribution in [2.45, 2.75) is 56.9 Å². The largest absolute Gasteiger partial charge is 0.334 e. The Hall–Kier alpha value is -2.49. The van der Waals surface area contributed by atoms with Gasteiger partial charge in [0.05, 0.1) is 22.4 Å². The molecule has 2 aromatic carbocycles. The number of benzene rings is 2. The maximum Gasteiger partial charge on any atom is 0.289 e. The zero-order valence-corrected chi connectivity index (χ0v) is 21.0. The highest BCUT2D eigenvalue weighted by Gasteiger charge is 2.33. The van der Waals surface area contributed by atoms with Crippen molar-refractivity contribution in [3.8, 4) is 0 Å². The fourth-order valence-electron chi connectivity index (χ4n) is 4.30. The van der Waals surface area contributed by atoms with E-state index < -0.39 is 20.6 Å². The Bertz CT molecular complexity index is 1160. The summed E-state index contributed by atoms with van der Waals surface area (Å²) in [4.78, 5) is 25.3. The molecule has 184 valence electrons. The summed E-state index contributed by atoms with van der Waals surface area (Å²) in [6.45, 7) is 4.34. The fourth-order valence-corrected chi connectivity index (χ4v) is 5.93. The third-order valence-corrected chi connectivity index (χ3v) is 8.40. The molecule has 0 bridgehead atoms. The first kappa shape index (κ1) is 26.1. The van der Waals surface area contributed by atoms with Gasteiger partial charge in [-0.15, -0.1) is 0 Å². The van der Waals surface area contributed by atoms with Gasteiger partial charge in [0.15, 0.2) is 0 Å². The molecule has 0 fully saturated rings. The first-order valence-electron chi connectivity index (χ1n) is 11.5. The van der Waals surface area contributed by atoms with Crippen LogP contribution in [-0.2, 0) is 21.2 Å². The van der Waals surface area contributed by atoms with Crippen molar-refractivity contribution in [1.82, 2.24) is 9.21 Å². The Labute approximate surface area is 205 Å². The summed E-state index contributed by atoms with van der Waals surface area (Å²) in [6.07, 6.45) is 4.06. The zero-order chi connectivity index (χ0) is 24.9. The Morgan fingerprint density at radius 2 is 1.94 bits per heavy atom. The van der Waals surface area contributed by atoms with Gasteiger partial charge in [-0.05, 0) is 43.0 Å². The number of unbranched alkanes of at least 4 members (excludes halogenated alkanes) is 3. The van der Waals surface area contributed by atoms with Crippen molar-refractivity contribution in [1.29, 1.82) is 0 Å². The van der Waals surface area contributed by atoms with Crippen LogP contribution in [0.2, 0.25) is 5.02 Å². The maximum absolute atomic E-state index is 13.5. The van der Waals surface area contributed by atoms with E-state index in [1.165, 1.54) is 17.7 Å². The fraction of sp³-hybridized carbons (Fsp3) is 0.458. The SMILES string of the molecule is CCCCCCN(CC(=O)N1CCc2ccccc2C1C)S(=O)(=O)c1ccc(Cl)c([N+](=O)[O-])c1. The molecule has 10 heteroatoms. The molecule has 1 amide bonds. The van der Waals surface area contributed by atoms with Gasteiger partial charge in [0, 0.05) is 19.2 Å². The van der Waals surface area contributed by atoms with E-state index in [0.717, 1.165) is 35.2 Å². The Kier molecular flexibility index (Phi) is 8.67. The van der Waals surface area contributed by atoms with Gasteiger partial charge in [-0.3, -0.25) is 14.9 Å². The van der Waals surface area contributed by atoms with Crippen molar-refractivity contribution in [2.24, 2.45) is 0 Å². The van der Waals surface area contributed by atoms with Crippen molar-refractivity contribution < 1.29 is 18.1 Å². The van der Waals surface area contributed by atoms with Crippen LogP contribution >= 0.6 is 11.6 Å². The normalized spacial score (nSPS) is 15.9. The third-order valence-electron chi connectivity index (χ3n) is 6.24. The lowest BCUT2D eigenvalue weighted by atomic mass is 9.93. The number of hydrogen-bond donors (Lipinski definition) is 0. The third kappa shape index (κ3) is 5.76. The number of fused-ring (bicyclic) bond motifs is 1. The molecular formula is C24H30ClN3O5S. The molecule has 1 atom stereocenters. The van der Waals surface area contributed by atoms with Crippen molar-refractivity contribution >= 4 is 33.2 Å². The predicted octanol–water partition coefficient (Wildman–Crippen LogP) is 4.97. The van der Waals surface area contributed by atoms with Crippen LogP contribution < -0.4 is 0 Å². The van der Waals surface area contributed by atoms with Gasteiger partial charge in [-0.1, -0.05) is 62.1 Å². The molecule has 1 unspecified atom stereocenters. The minimum absolute atomic E-state index is 0.143. The van der Waals surface area contributed by atoms with Crippen LogP contribution in [0.15, 0.2) is 47.4 Å². The molecular weight excluding hydrogens is 478 g/mol. The van der Waals surface area contributed by atoms with Crippen LogP contribution in [-0.4, -0.2) is 48.1 Å². The summed E-state index contributed by atoms with van der Waals surface area (Å²) in [6, 6.07) is 11.2. The molecule has 34 heavy (non-hydrogen) atoms. The second-order valence-corrected chi connectivity index (χ2v) is 10.8. The summed E-state index contributed by atoms with van der Waals surface area (Å²) in [5, 5.41) is 11.1. The monoisotopic (exact) mass is 507 g/mol. The minimum atomic E-state index is -4.15. The number of sulfonamides is 1. The maximum atomic E-state index is 13.5. The molecule has 0 N–H and O–H groups in total. The molecule has 0 radical (unpaired) electrons. The zero-order valence-electron chi connectivity index (χ0n) is 19.4. The number of rotatable bonds is 10. The highest BCUT2D eigenvalue weighted by Crippen LogP contribution is 2.31. The standard InChI is InChI=1S/C24H30ClN3O5S/c1-3-4-5-8-14-26(34(32,33)20-11-12-22(25)23(16-20)28(30)31)17-24(29)27-15-13-19-9-6-7-10-21(19)18(27)2/h6-7,9-12,16,18H,3-5,8,13-15,17H2,1-2H3. The van der Waals surface area contributed by atoms with Crippen LogP contribution in [0, 0.1) is 10.1 Å². The molecule has 2 aromatic rings. The molecule has 0 aromatic heterocycles. The van der Waals surface area contributed by atoms with Crippen molar-refractivity contribution in [2.75, 3.05) is 19.6 Å². The van der Waals surface area contributed by atoms with Gasteiger partial charge in [0.2, 0.25) is 15.9 Å². The number of nitro benzene ring substituents is 1. The van der Waals surface area contributed by atoms with Gasteiger partial charge in [0.1, 0.15) is 5.02 Å². The number of amides is 1. The molecule has 3 rings (SSSR count). The van der Waals surface area contributed by atoms with Crippen LogP contribution in [0.5, 0.6) is 0 Å². The van der Waals surface area contributed by atoms with Gasteiger partial charge in [-0.2, -0.15) is 4.31 Å². The second kappa shape index (κ2) is 11.3. The van der Waals surface area contributed by atoms with E-state index in [4.69, 9.17) is 11.6 Å². The van der Waals surface area contributed by atoms with E-state index in [1.807, 2.05) is 31.2 Å². The van der Waals surface area contributed by atoms with Crippen molar-refractivity contribution in [3.63, 3.8) is 0 Å². The number of carbonyl (C=O) groups excluding carboxylic acids is 1. The Morgan fingerprint density at radius 3 is 2.65 bits per heavy atom. The van der Waals surface area contributed by atoms with Crippen LogP contribution in [0.4, 0.5) is 5.69 Å². The lowest BCUT2D eigenvalue weighted by Gasteiger charge is -2.36. The van der Waals surface area contributed by atoms with Gasteiger partial charge in [0.25, 0.3) is 5.69 Å². The molecule has 0 saturated carbocycles. The predicted molar refractivity (Wildman–Crippen MR) is 131 cm³/mol. The summed E-state index contributed by atoms with van der Waals surface area (Å²) < 4.78 is 28.1. The van der Waals surface area contributed by atoms with Gasteiger partial charge < -0.3 is 4.90 Å². The Morgan fingerprint density at radius 1 is 1.21 bits per heavy atom. The quantitative estimate of drug-likeness (QED) is 0.257. The lowest BCUT2D eigenvalue weighted by Crippen LogP contribution is -2.46. The van der Waals surface area contributed by atoms with Gasteiger partial charge >= 0.3 is 0 Å². The first-order chi connectivity index (χ1) is 16.2. The molecule has 0 aliphatic carbocycles. The van der Waals surface area contributed by atoms with Crippen LogP contribution in [0.3, 0.4) is 0 Å². The summed E-state index contributed by atoms with van der Waals surface area (Å²) in [5.74, 6) is -0.287. The number of nitro groups is 1. The number of hydrogen-bond acceptors (Lipinski definition) is 5. The van der Waals surface area contributed by atoms with Crippen LogP contribution in [0.25, 0.3) is 0 Å². The molecule has 8 nitrogen and oxygen atoms in total. The summed E-state index contributed by atoms with van der Waals surface area (Å²) >= 11 is 5.87. The molecule has 1 aliphatic rings. The summed E-state index contributed by atoms with van der Waals surface area (Å²) in [5.41, 5.74) is 1.77. The van der Waals surface area contributed by atoms with E-state index in [0.29, 0.717) is 19.4 Å². The minimum Gasteiger partial charge on any atom is -0.334 e. The van der Waals surface area contributed by atoms with E-state index in [2.05, 4.69) is 6.92 Å². The second-order valence-electron chi connectivity index (χ2n) is 8.48. The topological polar surface area (TPSA) is 101 Å². The summed E-state index contributed by atoms with van der Waals surface area (Å²) in [7, 11) is -4.15. The van der Waals surface area contributed by atoms with Crippen LogP contribution in [0.1, 0.15) is 56.7 Å². The van der Waals surface area contributed by atoms with E-state index in [-0.39, 0.29) is 35.0 Å². The molecule has 0 saturated heterocycles. The lowest BCUT2D eigenvalue weighted by molar-refractivity contribution is -0.384. The van der Waals surface area contributed by atoms with Crippen molar-refractivity contribution in [3.05, 3.63) is 68.7 Å². The molecule has 1 aliphatic heterocycles. The number of halogens is 1.